The van der Waals surface area contributed by atoms with Gasteiger partial charge in [-0.25, -0.2) is 0 Å². The van der Waals surface area contributed by atoms with E-state index in [1.54, 1.807) is 0 Å². The first kappa shape index (κ1) is 16.4. The van der Waals surface area contributed by atoms with Crippen LogP contribution in [0.5, 0.6) is 0 Å². The second-order valence-electron chi connectivity index (χ2n) is 5.99. The van der Waals surface area contributed by atoms with Crippen molar-refractivity contribution >= 4 is 0 Å². The number of aliphatic hydroxyl groups excluding tert-OH is 1. The van der Waals surface area contributed by atoms with Gasteiger partial charge in [-0.2, -0.15) is 0 Å². The summed E-state index contributed by atoms with van der Waals surface area (Å²) in [5, 5.41) is 13.5. The maximum atomic E-state index is 9.87. The van der Waals surface area contributed by atoms with Gasteiger partial charge in [0.2, 0.25) is 0 Å². The van der Waals surface area contributed by atoms with E-state index in [0.717, 1.165) is 6.42 Å². The molecule has 0 fully saturated rings. The van der Waals surface area contributed by atoms with Crippen molar-refractivity contribution in [2.24, 2.45) is 0 Å². The predicted molar refractivity (Wildman–Crippen MR) is 98.9 cm³/mol. The zero-order valence-corrected chi connectivity index (χ0v) is 13.7. The van der Waals surface area contributed by atoms with Crippen molar-refractivity contribution < 1.29 is 5.11 Å². The lowest BCUT2D eigenvalue weighted by Crippen LogP contribution is -2.38. The molecule has 0 bridgehead atoms. The van der Waals surface area contributed by atoms with E-state index in [0.29, 0.717) is 0 Å². The Labute approximate surface area is 143 Å². The summed E-state index contributed by atoms with van der Waals surface area (Å²) >= 11 is 0. The van der Waals surface area contributed by atoms with E-state index < -0.39 is 0 Å². The fourth-order valence-electron chi connectivity index (χ4n) is 2.99. The highest BCUT2D eigenvalue weighted by atomic mass is 16.3. The Hall–Kier alpha value is -2.42. The van der Waals surface area contributed by atoms with Gasteiger partial charge < -0.3 is 10.4 Å². The lowest BCUT2D eigenvalue weighted by Gasteiger charge is -2.26. The molecule has 0 saturated carbocycles. The Balaban J connectivity index is 1.83. The highest BCUT2D eigenvalue weighted by Gasteiger charge is 2.18. The smallest absolute Gasteiger partial charge is 0.0588 e. The lowest BCUT2D eigenvalue weighted by atomic mass is 9.96. The fraction of sp³-hybridized carbons (Fsp3) is 0.182. The van der Waals surface area contributed by atoms with Gasteiger partial charge in [-0.05, 0) is 23.1 Å². The average molecular weight is 317 g/mol. The summed E-state index contributed by atoms with van der Waals surface area (Å²) in [6, 6.07) is 31.1. The van der Waals surface area contributed by atoms with Crippen molar-refractivity contribution in [3.63, 3.8) is 0 Å². The summed E-state index contributed by atoms with van der Waals surface area (Å²) in [5.74, 6) is 0. The molecule has 1 atom stereocenters. The van der Waals surface area contributed by atoms with Crippen LogP contribution >= 0.6 is 0 Å². The standard InChI is InChI=1S/C22H23NO/c24-17-21(16-18-10-4-1-5-11-18)23-22(19-12-6-2-7-13-19)20-14-8-3-9-15-20/h1-15,21-24H,16-17H2/t21-/m0/s1. The fourth-order valence-corrected chi connectivity index (χ4v) is 2.99. The van der Waals surface area contributed by atoms with Crippen molar-refractivity contribution in [2.45, 2.75) is 18.5 Å². The van der Waals surface area contributed by atoms with Gasteiger partial charge in [0, 0.05) is 6.04 Å². The molecule has 0 aliphatic carbocycles. The molecule has 0 spiro atoms. The van der Waals surface area contributed by atoms with Crippen LogP contribution in [0.15, 0.2) is 91.0 Å². The molecule has 0 saturated heterocycles. The molecule has 24 heavy (non-hydrogen) atoms. The van der Waals surface area contributed by atoms with Gasteiger partial charge in [-0.3, -0.25) is 0 Å². The van der Waals surface area contributed by atoms with Crippen LogP contribution in [0.3, 0.4) is 0 Å². The van der Waals surface area contributed by atoms with E-state index in [-0.39, 0.29) is 18.7 Å². The minimum Gasteiger partial charge on any atom is -0.395 e. The van der Waals surface area contributed by atoms with E-state index >= 15 is 0 Å². The monoisotopic (exact) mass is 317 g/mol. The van der Waals surface area contributed by atoms with E-state index in [9.17, 15) is 5.11 Å². The van der Waals surface area contributed by atoms with E-state index in [1.165, 1.54) is 16.7 Å². The van der Waals surface area contributed by atoms with Crippen LogP contribution in [-0.4, -0.2) is 17.8 Å². The number of hydrogen-bond acceptors (Lipinski definition) is 2. The highest BCUT2D eigenvalue weighted by molar-refractivity contribution is 5.32. The SMILES string of the molecule is OC[C@H](Cc1ccccc1)NC(c1ccccc1)c1ccccc1. The molecule has 122 valence electrons. The predicted octanol–water partition coefficient (Wildman–Crippen LogP) is 3.97. The summed E-state index contributed by atoms with van der Waals surface area (Å²) in [5.41, 5.74) is 3.63. The van der Waals surface area contributed by atoms with Gasteiger partial charge in [0.05, 0.1) is 12.6 Å². The highest BCUT2D eigenvalue weighted by Crippen LogP contribution is 2.23. The van der Waals surface area contributed by atoms with Crippen LogP contribution in [0.25, 0.3) is 0 Å². The molecule has 3 aromatic carbocycles. The molecule has 2 heteroatoms. The largest absolute Gasteiger partial charge is 0.395 e. The first-order valence-corrected chi connectivity index (χ1v) is 8.37. The van der Waals surface area contributed by atoms with Crippen LogP contribution in [0.2, 0.25) is 0 Å². The molecule has 0 amide bonds. The van der Waals surface area contributed by atoms with Gasteiger partial charge in [0.25, 0.3) is 0 Å². The van der Waals surface area contributed by atoms with Crippen LogP contribution < -0.4 is 5.32 Å². The third-order valence-corrected chi connectivity index (χ3v) is 4.21. The zero-order valence-electron chi connectivity index (χ0n) is 13.7. The summed E-state index contributed by atoms with van der Waals surface area (Å²) in [4.78, 5) is 0. The molecule has 0 aliphatic rings. The molecule has 3 rings (SSSR count). The number of nitrogens with one attached hydrogen (secondary N) is 1. The van der Waals surface area contributed by atoms with Crippen LogP contribution in [0.1, 0.15) is 22.7 Å². The van der Waals surface area contributed by atoms with Crippen molar-refractivity contribution in [3.05, 3.63) is 108 Å². The minimum absolute atomic E-state index is 0.00203. The molecular formula is C22H23NO. The molecule has 0 aliphatic heterocycles. The second kappa shape index (κ2) is 8.44. The summed E-state index contributed by atoms with van der Waals surface area (Å²) in [7, 11) is 0. The number of benzene rings is 3. The molecule has 3 aromatic rings. The minimum atomic E-state index is -0.00203. The number of hydrogen-bond donors (Lipinski definition) is 2. The Morgan fingerprint density at radius 3 is 1.58 bits per heavy atom. The number of rotatable bonds is 7. The van der Waals surface area contributed by atoms with Crippen molar-refractivity contribution in [1.82, 2.24) is 5.32 Å². The maximum Gasteiger partial charge on any atom is 0.0588 e. The third-order valence-electron chi connectivity index (χ3n) is 4.21. The topological polar surface area (TPSA) is 32.3 Å². The summed E-state index contributed by atoms with van der Waals surface area (Å²) < 4.78 is 0. The second-order valence-corrected chi connectivity index (χ2v) is 5.99. The normalized spacial score (nSPS) is 12.2. The lowest BCUT2D eigenvalue weighted by molar-refractivity contribution is 0.235. The quantitative estimate of drug-likeness (QED) is 0.691. The molecule has 0 aromatic heterocycles. The summed E-state index contributed by atoms with van der Waals surface area (Å²) in [6.07, 6.45) is 0.799. The van der Waals surface area contributed by atoms with Gasteiger partial charge in [0.1, 0.15) is 0 Å². The van der Waals surface area contributed by atoms with E-state index in [2.05, 4.69) is 66.0 Å². The molecule has 0 heterocycles. The Kier molecular flexibility index (Phi) is 5.78. The first-order chi connectivity index (χ1) is 11.9. The number of aliphatic hydroxyl groups is 1. The van der Waals surface area contributed by atoms with Gasteiger partial charge in [-0.15, -0.1) is 0 Å². The molecule has 2 N–H and O–H groups in total. The first-order valence-electron chi connectivity index (χ1n) is 8.37. The van der Waals surface area contributed by atoms with Crippen molar-refractivity contribution in [3.8, 4) is 0 Å². The van der Waals surface area contributed by atoms with Crippen LogP contribution in [0.4, 0.5) is 0 Å². The zero-order chi connectivity index (χ0) is 16.6. The molecular weight excluding hydrogens is 294 g/mol. The maximum absolute atomic E-state index is 9.87. The average Bonchev–Trinajstić information content (AvgIpc) is 2.67. The molecule has 0 unspecified atom stereocenters. The van der Waals surface area contributed by atoms with Crippen LogP contribution in [-0.2, 0) is 6.42 Å². The Morgan fingerprint density at radius 2 is 1.12 bits per heavy atom. The third kappa shape index (κ3) is 4.31. The van der Waals surface area contributed by atoms with E-state index in [1.807, 2.05) is 30.3 Å². The van der Waals surface area contributed by atoms with Gasteiger partial charge in [-0.1, -0.05) is 91.0 Å². The van der Waals surface area contributed by atoms with Crippen molar-refractivity contribution in [1.29, 1.82) is 0 Å². The van der Waals surface area contributed by atoms with Gasteiger partial charge in [0.15, 0.2) is 0 Å². The van der Waals surface area contributed by atoms with E-state index in [4.69, 9.17) is 0 Å². The Morgan fingerprint density at radius 1 is 0.667 bits per heavy atom. The van der Waals surface area contributed by atoms with Crippen LogP contribution in [0, 0.1) is 0 Å². The molecule has 0 radical (unpaired) electrons. The van der Waals surface area contributed by atoms with Crippen molar-refractivity contribution in [2.75, 3.05) is 6.61 Å². The Bertz CT molecular complexity index is 673. The molecule has 2 nitrogen and oxygen atoms in total. The summed E-state index contributed by atoms with van der Waals surface area (Å²) in [6.45, 7) is 0.102. The van der Waals surface area contributed by atoms with Gasteiger partial charge >= 0.3 is 0 Å².